The van der Waals surface area contributed by atoms with Crippen LogP contribution in [-0.2, 0) is 15.8 Å². The molecule has 1 heterocycles. The van der Waals surface area contributed by atoms with Gasteiger partial charge in [-0.3, -0.25) is 4.72 Å². The first-order valence-electron chi connectivity index (χ1n) is 9.08. The van der Waals surface area contributed by atoms with Crippen LogP contribution in [0.4, 0.5) is 14.9 Å². The van der Waals surface area contributed by atoms with Crippen LogP contribution in [0.15, 0.2) is 54.6 Å². The number of halogens is 3. The minimum atomic E-state index is -3.73. The molecule has 4 aromatic rings. The number of carbonyl (C=O) groups excluding carboxylic acids is 1. The molecule has 1 radical (unpaired) electrons. The molecular formula is C21H14Cl2FN4O3S. The first-order chi connectivity index (χ1) is 15.1. The number of fused-ring (bicyclic) bond motifs is 1. The molecule has 1 amide bonds. The Kier molecular flexibility index (Phi) is 5.81. The van der Waals surface area contributed by atoms with E-state index in [9.17, 15) is 13.2 Å². The summed E-state index contributed by atoms with van der Waals surface area (Å²) in [6, 6.07) is 12.8. The maximum atomic E-state index is 15.1. The first kappa shape index (κ1) is 22.1. The zero-order valence-corrected chi connectivity index (χ0v) is 18.5. The Labute approximate surface area is 192 Å². The average Bonchev–Trinajstić information content (AvgIpc) is 3.17. The molecule has 4 rings (SSSR count). The number of aromatic nitrogens is 2. The van der Waals surface area contributed by atoms with Gasteiger partial charge >= 0.3 is 6.03 Å². The van der Waals surface area contributed by atoms with Crippen LogP contribution in [-0.4, -0.2) is 24.2 Å². The highest BCUT2D eigenvalue weighted by atomic mass is 35.5. The lowest BCUT2D eigenvalue weighted by molar-refractivity contribution is 0.248. The number of anilines is 1. The van der Waals surface area contributed by atoms with E-state index in [2.05, 4.69) is 16.0 Å². The molecule has 0 aliphatic heterocycles. The van der Waals surface area contributed by atoms with Crippen LogP contribution in [0.25, 0.3) is 22.0 Å². The number of rotatable bonds is 5. The van der Waals surface area contributed by atoms with Crippen LogP contribution in [0, 0.1) is 12.0 Å². The molecule has 163 valence electrons. The number of hydrogen-bond acceptors (Lipinski definition) is 4. The molecule has 0 spiro atoms. The van der Waals surface area contributed by atoms with Crippen LogP contribution in [0.2, 0.25) is 10.0 Å². The number of nitrogens with zero attached hydrogens (tertiary/aromatic N) is 2. The van der Waals surface area contributed by atoms with Crippen molar-refractivity contribution in [2.45, 2.75) is 5.75 Å². The van der Waals surface area contributed by atoms with Crippen molar-refractivity contribution >= 4 is 55.8 Å². The van der Waals surface area contributed by atoms with Gasteiger partial charge in [0.05, 0.1) is 15.8 Å². The van der Waals surface area contributed by atoms with Crippen molar-refractivity contribution in [2.75, 3.05) is 4.72 Å². The van der Waals surface area contributed by atoms with Gasteiger partial charge in [0, 0.05) is 16.6 Å². The molecule has 0 saturated carbocycles. The van der Waals surface area contributed by atoms with Crippen molar-refractivity contribution < 1.29 is 17.6 Å². The highest BCUT2D eigenvalue weighted by Crippen LogP contribution is 2.30. The number of nitrogens with two attached hydrogens (primary N) is 1. The topological polar surface area (TPSA) is 107 Å². The number of amides is 1. The third-order valence-corrected chi connectivity index (χ3v) is 6.62. The lowest BCUT2D eigenvalue weighted by Gasteiger charge is -2.10. The molecule has 0 fully saturated rings. The lowest BCUT2D eigenvalue weighted by atomic mass is 10.0. The summed E-state index contributed by atoms with van der Waals surface area (Å²) in [4.78, 5) is 11.5. The van der Waals surface area contributed by atoms with E-state index in [1.54, 1.807) is 24.3 Å². The van der Waals surface area contributed by atoms with Crippen LogP contribution in [0.5, 0.6) is 0 Å². The van der Waals surface area contributed by atoms with Gasteiger partial charge in [-0.1, -0.05) is 47.5 Å². The van der Waals surface area contributed by atoms with E-state index in [1.807, 2.05) is 0 Å². The maximum Gasteiger partial charge on any atom is 0.340 e. The average molecular weight is 492 g/mol. The van der Waals surface area contributed by atoms with E-state index in [0.717, 1.165) is 4.68 Å². The smallest absolute Gasteiger partial charge is 0.340 e. The molecule has 32 heavy (non-hydrogen) atoms. The molecule has 11 heteroatoms. The Morgan fingerprint density at radius 3 is 2.47 bits per heavy atom. The van der Waals surface area contributed by atoms with Gasteiger partial charge < -0.3 is 5.73 Å². The summed E-state index contributed by atoms with van der Waals surface area (Å²) in [5.41, 5.74) is 6.58. The van der Waals surface area contributed by atoms with Gasteiger partial charge in [0.1, 0.15) is 11.7 Å². The minimum Gasteiger partial charge on any atom is -0.350 e. The zero-order chi connectivity index (χ0) is 23.0. The van der Waals surface area contributed by atoms with Crippen LogP contribution < -0.4 is 10.5 Å². The third-order valence-electron chi connectivity index (χ3n) is 4.62. The maximum absolute atomic E-state index is 15.1. The predicted octanol–water partition coefficient (Wildman–Crippen LogP) is 4.82. The van der Waals surface area contributed by atoms with Crippen LogP contribution >= 0.6 is 23.2 Å². The van der Waals surface area contributed by atoms with Gasteiger partial charge in [-0.25, -0.2) is 17.6 Å². The summed E-state index contributed by atoms with van der Waals surface area (Å²) in [6.45, 7) is 0. The second-order valence-corrected chi connectivity index (χ2v) is 9.41. The van der Waals surface area contributed by atoms with Gasteiger partial charge in [-0.2, -0.15) is 9.78 Å². The third kappa shape index (κ3) is 4.40. The summed E-state index contributed by atoms with van der Waals surface area (Å²) in [5.74, 6) is -0.993. The van der Waals surface area contributed by atoms with Gasteiger partial charge in [0.15, 0.2) is 5.82 Å². The van der Waals surface area contributed by atoms with Crippen LogP contribution in [0.3, 0.4) is 0 Å². The normalized spacial score (nSPS) is 11.6. The molecule has 0 unspecified atom stereocenters. The van der Waals surface area contributed by atoms with Crippen molar-refractivity contribution in [1.29, 1.82) is 0 Å². The summed E-state index contributed by atoms with van der Waals surface area (Å²) in [5, 5.41) is 4.57. The number of primary amides is 1. The molecule has 1 aromatic heterocycles. The van der Waals surface area contributed by atoms with E-state index in [-0.39, 0.29) is 21.9 Å². The quantitative estimate of drug-likeness (QED) is 0.417. The molecule has 7 nitrogen and oxygen atoms in total. The monoisotopic (exact) mass is 491 g/mol. The van der Waals surface area contributed by atoms with E-state index < -0.39 is 21.9 Å². The Hall–Kier alpha value is -3.14. The SMILES string of the molecule is NC(=O)n1n[c]c2ccc(-c3ccc(NS(=O)(=O)Cc4ccc(Cl)c(Cl)c4)cc3)c(F)c21. The van der Waals surface area contributed by atoms with E-state index >= 15 is 4.39 Å². The highest BCUT2D eigenvalue weighted by Gasteiger charge is 2.17. The molecule has 0 saturated heterocycles. The van der Waals surface area contributed by atoms with Gasteiger partial charge in [-0.05, 0) is 41.5 Å². The molecule has 0 aliphatic carbocycles. The minimum absolute atomic E-state index is 0.0820. The molecule has 0 aliphatic rings. The molecular weight excluding hydrogens is 478 g/mol. The van der Waals surface area contributed by atoms with Crippen molar-refractivity contribution in [1.82, 2.24) is 9.78 Å². The number of sulfonamides is 1. The van der Waals surface area contributed by atoms with Crippen molar-refractivity contribution in [3.05, 3.63) is 82.2 Å². The zero-order valence-electron chi connectivity index (χ0n) is 16.1. The summed E-state index contributed by atoms with van der Waals surface area (Å²) < 4.78 is 43.2. The number of carbonyl (C=O) groups is 1. The van der Waals surface area contributed by atoms with Crippen molar-refractivity contribution in [2.24, 2.45) is 5.73 Å². The predicted molar refractivity (Wildman–Crippen MR) is 122 cm³/mol. The summed E-state index contributed by atoms with van der Waals surface area (Å²) in [6.07, 6.45) is 2.53. The lowest BCUT2D eigenvalue weighted by Crippen LogP contribution is -2.21. The van der Waals surface area contributed by atoms with Crippen LogP contribution in [0.1, 0.15) is 5.56 Å². The largest absolute Gasteiger partial charge is 0.350 e. The van der Waals surface area contributed by atoms with E-state index in [0.29, 0.717) is 27.2 Å². The highest BCUT2D eigenvalue weighted by molar-refractivity contribution is 7.91. The number of nitrogens with one attached hydrogen (secondary N) is 1. The molecule has 0 atom stereocenters. The standard InChI is InChI=1S/C21H14Cl2FN4O3S/c22-17-8-1-12(9-18(17)23)11-32(30,31)27-15-5-2-13(3-6-15)16-7-4-14-10-26-28(21(25)29)20(14)19(16)24/h1-9,27H,11H2,(H2,25,29). The Bertz CT molecular complexity index is 1450. The van der Waals surface area contributed by atoms with Gasteiger partial charge in [0.2, 0.25) is 10.0 Å². The second kappa shape index (κ2) is 8.42. The number of hydrogen-bond donors (Lipinski definition) is 2. The van der Waals surface area contributed by atoms with E-state index in [4.69, 9.17) is 28.9 Å². The summed E-state index contributed by atoms with van der Waals surface area (Å²) in [7, 11) is -3.73. The fourth-order valence-corrected chi connectivity index (χ4v) is 4.69. The first-order valence-corrected chi connectivity index (χ1v) is 11.5. The van der Waals surface area contributed by atoms with Crippen molar-refractivity contribution in [3.63, 3.8) is 0 Å². The fraction of sp³-hybridized carbons (Fsp3) is 0.0476. The Balaban J connectivity index is 1.58. The molecule has 3 aromatic carbocycles. The van der Waals surface area contributed by atoms with Crippen molar-refractivity contribution in [3.8, 4) is 11.1 Å². The second-order valence-electron chi connectivity index (χ2n) is 6.87. The fourth-order valence-electron chi connectivity index (χ4n) is 3.18. The molecule has 3 N–H and O–H groups in total. The summed E-state index contributed by atoms with van der Waals surface area (Å²) >= 11 is 11.8. The van der Waals surface area contributed by atoms with Gasteiger partial charge in [0.25, 0.3) is 0 Å². The molecule has 0 bridgehead atoms. The Morgan fingerprint density at radius 1 is 1.09 bits per heavy atom. The number of benzene rings is 3. The van der Waals surface area contributed by atoms with Gasteiger partial charge in [-0.15, -0.1) is 0 Å². The van der Waals surface area contributed by atoms with E-state index in [1.165, 1.54) is 30.3 Å². The Morgan fingerprint density at radius 2 is 1.81 bits per heavy atom.